The molecule has 3 rings (SSSR count). The van der Waals surface area contributed by atoms with Crippen molar-refractivity contribution in [1.82, 2.24) is 0 Å². The van der Waals surface area contributed by atoms with E-state index in [0.717, 1.165) is 0 Å². The Morgan fingerprint density at radius 3 is 1.93 bits per heavy atom. The Morgan fingerprint density at radius 1 is 1.03 bits per heavy atom. The molecule has 0 heterocycles. The number of fused-ring (bicyclic) bond motifs is 2. The highest BCUT2D eigenvalue weighted by Gasteiger charge is 2.65. The molecular formula is C16H16F4O7S2. The Hall–Kier alpha value is -1.73. The van der Waals surface area contributed by atoms with Gasteiger partial charge in [0.2, 0.25) is 17.4 Å². The van der Waals surface area contributed by atoms with Gasteiger partial charge in [0.1, 0.15) is 5.78 Å². The van der Waals surface area contributed by atoms with Gasteiger partial charge < -0.3 is 4.18 Å². The van der Waals surface area contributed by atoms with Crippen molar-refractivity contribution >= 4 is 26.0 Å². The molecule has 162 valence electrons. The summed E-state index contributed by atoms with van der Waals surface area (Å²) in [7, 11) is -10.6. The first-order valence-corrected chi connectivity index (χ1v) is 11.4. The fourth-order valence-corrected chi connectivity index (χ4v) is 6.83. The minimum absolute atomic E-state index is 0.0809. The number of carbonyl (C=O) groups is 1. The fraction of sp³-hybridized carbons (Fsp3) is 0.562. The third kappa shape index (κ3) is 3.13. The van der Waals surface area contributed by atoms with Gasteiger partial charge in [0, 0.05) is 6.42 Å². The second-order valence-electron chi connectivity index (χ2n) is 7.84. The lowest BCUT2D eigenvalue weighted by Gasteiger charge is -2.35. The monoisotopic (exact) mass is 460 g/mol. The molecule has 1 N–H and O–H groups in total. The Labute approximate surface area is 163 Å². The molecule has 2 aliphatic carbocycles. The first kappa shape index (κ1) is 22.0. The minimum atomic E-state index is -5.70. The number of ketones is 1. The second-order valence-corrected chi connectivity index (χ2v) is 10.8. The van der Waals surface area contributed by atoms with Gasteiger partial charge in [-0.2, -0.15) is 25.6 Å². The van der Waals surface area contributed by atoms with E-state index in [2.05, 4.69) is 4.18 Å². The van der Waals surface area contributed by atoms with Gasteiger partial charge in [0.15, 0.2) is 16.5 Å². The molecule has 2 fully saturated rings. The van der Waals surface area contributed by atoms with Crippen molar-refractivity contribution in [2.75, 3.05) is 5.75 Å². The SMILES string of the molecule is CC1(C)C2CCC1(CS(=O)(=O)Oc1c(F)c(F)c(S(=O)(=O)O)c(F)c1F)C(=O)C2. The number of rotatable bonds is 5. The fourth-order valence-electron chi connectivity index (χ4n) is 4.46. The largest absolute Gasteiger partial charge is 0.376 e. The van der Waals surface area contributed by atoms with E-state index in [1.165, 1.54) is 0 Å². The molecule has 1 aromatic carbocycles. The molecule has 2 saturated carbocycles. The van der Waals surface area contributed by atoms with Gasteiger partial charge in [0.25, 0.3) is 0 Å². The maximum Gasteiger partial charge on any atom is 0.310 e. The molecule has 13 heteroatoms. The van der Waals surface area contributed by atoms with Crippen molar-refractivity contribution in [3.63, 3.8) is 0 Å². The molecule has 0 spiro atoms. The summed E-state index contributed by atoms with van der Waals surface area (Å²) < 4.78 is 116. The van der Waals surface area contributed by atoms with E-state index in [4.69, 9.17) is 4.55 Å². The van der Waals surface area contributed by atoms with Crippen LogP contribution in [0.5, 0.6) is 5.75 Å². The Kier molecular flexibility index (Phi) is 4.83. The third-order valence-corrected chi connectivity index (χ3v) is 8.35. The van der Waals surface area contributed by atoms with Crippen molar-refractivity contribution in [2.24, 2.45) is 16.7 Å². The summed E-state index contributed by atoms with van der Waals surface area (Å²) in [4.78, 5) is 10.1. The van der Waals surface area contributed by atoms with Crippen LogP contribution in [0.15, 0.2) is 4.90 Å². The predicted molar refractivity (Wildman–Crippen MR) is 89.1 cm³/mol. The summed E-state index contributed by atoms with van der Waals surface area (Å²) >= 11 is 0. The lowest BCUT2D eigenvalue weighted by atomic mass is 9.70. The van der Waals surface area contributed by atoms with Gasteiger partial charge in [-0.05, 0) is 24.2 Å². The summed E-state index contributed by atoms with van der Waals surface area (Å²) in [6, 6.07) is 0. The summed E-state index contributed by atoms with van der Waals surface area (Å²) in [5.74, 6) is -13.4. The molecule has 0 aliphatic heterocycles. The predicted octanol–water partition coefficient (Wildman–Crippen LogP) is 2.59. The Morgan fingerprint density at radius 2 is 1.55 bits per heavy atom. The van der Waals surface area contributed by atoms with E-state index in [0.29, 0.717) is 6.42 Å². The van der Waals surface area contributed by atoms with Gasteiger partial charge in [-0.1, -0.05) is 13.8 Å². The summed E-state index contributed by atoms with van der Waals surface area (Å²) in [5.41, 5.74) is -2.13. The molecule has 7 nitrogen and oxygen atoms in total. The topological polar surface area (TPSA) is 115 Å². The van der Waals surface area contributed by atoms with E-state index in [-0.39, 0.29) is 24.5 Å². The van der Waals surface area contributed by atoms with Crippen molar-refractivity contribution in [3.8, 4) is 5.75 Å². The highest BCUT2D eigenvalue weighted by atomic mass is 32.2. The number of hydrogen-bond acceptors (Lipinski definition) is 6. The van der Waals surface area contributed by atoms with Gasteiger partial charge in [-0.3, -0.25) is 9.35 Å². The normalized spacial score (nSPS) is 26.2. The van der Waals surface area contributed by atoms with E-state index in [1.54, 1.807) is 13.8 Å². The van der Waals surface area contributed by atoms with E-state index in [9.17, 15) is 39.2 Å². The second kappa shape index (κ2) is 6.38. The van der Waals surface area contributed by atoms with Gasteiger partial charge in [-0.25, -0.2) is 8.78 Å². The van der Waals surface area contributed by atoms with E-state index in [1.807, 2.05) is 0 Å². The van der Waals surface area contributed by atoms with Crippen molar-refractivity contribution in [1.29, 1.82) is 0 Å². The Balaban J connectivity index is 2.04. The van der Waals surface area contributed by atoms with Crippen LogP contribution in [0.3, 0.4) is 0 Å². The van der Waals surface area contributed by atoms with Crippen LogP contribution in [0.4, 0.5) is 17.6 Å². The molecule has 0 amide bonds. The summed E-state index contributed by atoms with van der Waals surface area (Å²) in [6.45, 7) is 3.37. The molecule has 0 saturated heterocycles. The first-order chi connectivity index (χ1) is 13.0. The smallest absolute Gasteiger partial charge is 0.310 e. The van der Waals surface area contributed by atoms with Gasteiger partial charge in [-0.15, -0.1) is 0 Å². The number of halogens is 4. The van der Waals surface area contributed by atoms with Crippen LogP contribution in [0, 0.1) is 40.0 Å². The molecule has 2 aliphatic rings. The average Bonchev–Trinajstić information content (AvgIpc) is 2.89. The molecule has 0 radical (unpaired) electrons. The molecular weight excluding hydrogens is 444 g/mol. The van der Waals surface area contributed by atoms with Crippen LogP contribution in [0.1, 0.15) is 33.1 Å². The quantitative estimate of drug-likeness (QED) is 0.311. The molecule has 2 atom stereocenters. The molecule has 29 heavy (non-hydrogen) atoms. The first-order valence-electron chi connectivity index (χ1n) is 8.34. The number of hydrogen-bond donors (Lipinski definition) is 1. The molecule has 0 aromatic heterocycles. The maximum atomic E-state index is 14.1. The van der Waals surface area contributed by atoms with Crippen LogP contribution in [-0.2, 0) is 25.0 Å². The van der Waals surface area contributed by atoms with Crippen LogP contribution >= 0.6 is 0 Å². The van der Waals surface area contributed by atoms with E-state index < -0.39 is 70.7 Å². The Bertz CT molecular complexity index is 1100. The minimum Gasteiger partial charge on any atom is -0.376 e. The van der Waals surface area contributed by atoms with Crippen LogP contribution in [0.25, 0.3) is 0 Å². The molecule has 1 aromatic rings. The van der Waals surface area contributed by atoms with Crippen molar-refractivity contribution < 1.29 is 47.9 Å². The number of carbonyl (C=O) groups excluding carboxylic acids is 1. The van der Waals surface area contributed by atoms with Crippen LogP contribution in [0.2, 0.25) is 0 Å². The van der Waals surface area contributed by atoms with Gasteiger partial charge in [0.05, 0.1) is 11.2 Å². The van der Waals surface area contributed by atoms with Crippen molar-refractivity contribution in [3.05, 3.63) is 23.3 Å². The molecule has 2 unspecified atom stereocenters. The lowest BCUT2D eigenvalue weighted by Crippen LogP contribution is -2.43. The third-order valence-electron chi connectivity index (χ3n) is 6.21. The zero-order chi connectivity index (χ0) is 22.2. The standard InChI is InChI=1S/C16H16F4O7S2/c1-15(2)7-3-4-16(15,8(21)5-7)6-28(22,23)27-13-9(17)11(19)14(29(24,25)26)12(20)10(13)18/h7H,3-6H2,1-2H3,(H,24,25,26). The summed E-state index contributed by atoms with van der Waals surface area (Å²) in [5, 5.41) is 0. The average molecular weight is 460 g/mol. The van der Waals surface area contributed by atoms with Gasteiger partial charge >= 0.3 is 20.2 Å². The highest BCUT2D eigenvalue weighted by molar-refractivity contribution is 7.87. The lowest BCUT2D eigenvalue weighted by molar-refractivity contribution is -0.128. The summed E-state index contributed by atoms with van der Waals surface area (Å²) in [6.07, 6.45) is 0.891. The number of benzene rings is 1. The zero-order valence-corrected chi connectivity index (χ0v) is 16.8. The maximum absolute atomic E-state index is 14.1. The van der Waals surface area contributed by atoms with E-state index >= 15 is 0 Å². The number of Topliss-reactive ketones (excluding diaryl/α,β-unsaturated/α-hetero) is 1. The van der Waals surface area contributed by atoms with Crippen LogP contribution in [-0.4, -0.2) is 32.9 Å². The zero-order valence-electron chi connectivity index (χ0n) is 15.1. The molecule has 2 bridgehead atoms. The van der Waals surface area contributed by atoms with Crippen LogP contribution < -0.4 is 4.18 Å². The highest BCUT2D eigenvalue weighted by Crippen LogP contribution is 2.64. The van der Waals surface area contributed by atoms with Crippen molar-refractivity contribution in [2.45, 2.75) is 38.0 Å².